The Labute approximate surface area is 170 Å². The molecule has 4 aromatic rings. The van der Waals surface area contributed by atoms with Gasteiger partial charge in [-0.1, -0.05) is 19.0 Å². The summed E-state index contributed by atoms with van der Waals surface area (Å²) in [7, 11) is 0. The smallest absolute Gasteiger partial charge is 0.262 e. The van der Waals surface area contributed by atoms with E-state index in [0.717, 1.165) is 21.2 Å². The fraction of sp³-hybridized carbons (Fsp3) is 0.238. The predicted octanol–water partition coefficient (Wildman–Crippen LogP) is 4.92. The van der Waals surface area contributed by atoms with Crippen LogP contribution in [0.15, 0.2) is 47.2 Å². The van der Waals surface area contributed by atoms with E-state index in [9.17, 15) is 9.18 Å². The number of thiophene rings is 1. The van der Waals surface area contributed by atoms with Gasteiger partial charge in [0.2, 0.25) is 11.7 Å². The molecule has 1 aromatic carbocycles. The highest BCUT2D eigenvalue weighted by atomic mass is 32.1. The van der Waals surface area contributed by atoms with Gasteiger partial charge in [0, 0.05) is 22.7 Å². The van der Waals surface area contributed by atoms with Gasteiger partial charge < -0.3 is 9.84 Å². The molecule has 0 aliphatic rings. The number of carbonyl (C=O) groups is 1. The summed E-state index contributed by atoms with van der Waals surface area (Å²) in [6, 6.07) is 7.72. The predicted molar refractivity (Wildman–Crippen MR) is 109 cm³/mol. The molecule has 148 valence electrons. The van der Waals surface area contributed by atoms with Gasteiger partial charge in [-0.15, -0.1) is 11.3 Å². The van der Waals surface area contributed by atoms with Crippen molar-refractivity contribution in [1.29, 1.82) is 0 Å². The van der Waals surface area contributed by atoms with E-state index in [1.165, 1.54) is 23.5 Å². The Bertz CT molecular complexity index is 1170. The van der Waals surface area contributed by atoms with Crippen LogP contribution in [-0.4, -0.2) is 21.0 Å². The molecular formula is C21H19FN4O2S. The monoisotopic (exact) mass is 410 g/mol. The Morgan fingerprint density at radius 3 is 2.83 bits per heavy atom. The van der Waals surface area contributed by atoms with Crippen LogP contribution in [0.1, 0.15) is 41.0 Å². The number of pyridine rings is 1. The van der Waals surface area contributed by atoms with Crippen LogP contribution in [0.2, 0.25) is 0 Å². The zero-order valence-electron chi connectivity index (χ0n) is 16.1. The lowest BCUT2D eigenvalue weighted by atomic mass is 10.0. The van der Waals surface area contributed by atoms with Gasteiger partial charge in [0.15, 0.2) is 0 Å². The van der Waals surface area contributed by atoms with Crippen molar-refractivity contribution in [2.75, 3.05) is 0 Å². The van der Waals surface area contributed by atoms with Gasteiger partial charge in [0.25, 0.3) is 5.91 Å². The second kappa shape index (κ2) is 7.71. The minimum Gasteiger partial charge on any atom is -0.339 e. The van der Waals surface area contributed by atoms with E-state index < -0.39 is 6.04 Å². The Balaban J connectivity index is 1.62. The van der Waals surface area contributed by atoms with Crippen molar-refractivity contribution in [3.8, 4) is 11.4 Å². The molecule has 0 radical (unpaired) electrons. The van der Waals surface area contributed by atoms with Crippen LogP contribution < -0.4 is 5.32 Å². The van der Waals surface area contributed by atoms with Gasteiger partial charge in [0.05, 0.1) is 4.88 Å². The van der Waals surface area contributed by atoms with Crippen molar-refractivity contribution >= 4 is 27.3 Å². The Morgan fingerprint density at radius 1 is 1.28 bits per heavy atom. The SMILES string of the molecule is Cc1c(C(=O)NC(c2nc(-c3cccnc3)no2)C(C)C)sc2ccc(F)cc12. The number of nitrogens with one attached hydrogen (secondary N) is 1. The third-order valence-electron chi connectivity index (χ3n) is 4.69. The molecule has 8 heteroatoms. The first-order valence-electron chi connectivity index (χ1n) is 9.17. The quantitative estimate of drug-likeness (QED) is 0.505. The lowest BCUT2D eigenvalue weighted by Crippen LogP contribution is -2.31. The van der Waals surface area contributed by atoms with Crippen molar-refractivity contribution in [2.45, 2.75) is 26.8 Å². The minimum atomic E-state index is -0.457. The Hall–Kier alpha value is -3.13. The summed E-state index contributed by atoms with van der Waals surface area (Å²) in [4.78, 5) is 22.0. The van der Waals surface area contributed by atoms with Crippen LogP contribution in [0, 0.1) is 18.7 Å². The maximum absolute atomic E-state index is 13.6. The van der Waals surface area contributed by atoms with Crippen LogP contribution in [0.4, 0.5) is 4.39 Å². The molecule has 6 nitrogen and oxygen atoms in total. The molecule has 4 rings (SSSR count). The number of aryl methyl sites for hydroxylation is 1. The fourth-order valence-electron chi connectivity index (χ4n) is 3.10. The molecule has 3 heterocycles. The average molecular weight is 410 g/mol. The number of aromatic nitrogens is 3. The molecule has 1 N–H and O–H groups in total. The summed E-state index contributed by atoms with van der Waals surface area (Å²) in [5, 5.41) is 7.76. The summed E-state index contributed by atoms with van der Waals surface area (Å²) in [6.07, 6.45) is 3.32. The second-order valence-corrected chi connectivity index (χ2v) is 8.14. The highest BCUT2D eigenvalue weighted by Gasteiger charge is 2.27. The standard InChI is InChI=1S/C21H19FN4O2S/c1-11(2)17(21-25-19(26-28-21)13-5-4-8-23-10-13)24-20(27)18-12(3)15-9-14(22)6-7-16(15)29-18/h4-11,17H,1-3H3,(H,24,27). The van der Waals surface area contributed by atoms with Crippen molar-refractivity contribution in [3.05, 3.63) is 64.9 Å². The first kappa shape index (κ1) is 19.2. The molecule has 29 heavy (non-hydrogen) atoms. The molecule has 1 atom stereocenters. The molecular weight excluding hydrogens is 391 g/mol. The van der Waals surface area contributed by atoms with Crippen LogP contribution >= 0.6 is 11.3 Å². The number of hydrogen-bond donors (Lipinski definition) is 1. The summed E-state index contributed by atoms with van der Waals surface area (Å²) in [6.45, 7) is 5.75. The molecule has 3 aromatic heterocycles. The largest absolute Gasteiger partial charge is 0.339 e. The lowest BCUT2D eigenvalue weighted by molar-refractivity contribution is 0.0917. The first-order chi connectivity index (χ1) is 13.9. The maximum Gasteiger partial charge on any atom is 0.262 e. The number of benzene rings is 1. The van der Waals surface area contributed by atoms with Gasteiger partial charge >= 0.3 is 0 Å². The van der Waals surface area contributed by atoms with E-state index in [-0.39, 0.29) is 17.6 Å². The zero-order chi connectivity index (χ0) is 20.5. The lowest BCUT2D eigenvalue weighted by Gasteiger charge is -2.18. The summed E-state index contributed by atoms with van der Waals surface area (Å²) < 4.78 is 19.9. The topological polar surface area (TPSA) is 80.9 Å². The van der Waals surface area contributed by atoms with E-state index >= 15 is 0 Å². The third kappa shape index (κ3) is 3.75. The summed E-state index contributed by atoms with van der Waals surface area (Å²) in [5.74, 6) is 0.204. The molecule has 1 amide bonds. The molecule has 0 saturated carbocycles. The molecule has 0 saturated heterocycles. The maximum atomic E-state index is 13.6. The second-order valence-electron chi connectivity index (χ2n) is 7.09. The summed E-state index contributed by atoms with van der Waals surface area (Å²) in [5.41, 5.74) is 1.49. The van der Waals surface area contributed by atoms with Crippen molar-refractivity contribution in [1.82, 2.24) is 20.4 Å². The van der Waals surface area contributed by atoms with Crippen LogP contribution in [-0.2, 0) is 0 Å². The number of carbonyl (C=O) groups excluding carboxylic acids is 1. The Kier molecular flexibility index (Phi) is 5.10. The highest BCUT2D eigenvalue weighted by molar-refractivity contribution is 7.21. The van der Waals surface area contributed by atoms with Gasteiger partial charge in [-0.05, 0) is 54.1 Å². The Morgan fingerprint density at radius 2 is 2.10 bits per heavy atom. The van der Waals surface area contributed by atoms with Gasteiger partial charge in [-0.25, -0.2) is 4.39 Å². The molecule has 1 unspecified atom stereocenters. The average Bonchev–Trinajstić information content (AvgIpc) is 3.32. The van der Waals surface area contributed by atoms with Crippen LogP contribution in [0.25, 0.3) is 21.5 Å². The number of nitrogens with zero attached hydrogens (tertiary/aromatic N) is 3. The van der Waals surface area contributed by atoms with Gasteiger partial charge in [0.1, 0.15) is 11.9 Å². The third-order valence-corrected chi connectivity index (χ3v) is 5.96. The van der Waals surface area contributed by atoms with E-state index in [2.05, 4.69) is 20.4 Å². The summed E-state index contributed by atoms with van der Waals surface area (Å²) >= 11 is 1.34. The zero-order valence-corrected chi connectivity index (χ0v) is 17.0. The van der Waals surface area contributed by atoms with Gasteiger partial charge in [-0.3, -0.25) is 9.78 Å². The van der Waals surface area contributed by atoms with Crippen LogP contribution in [0.5, 0.6) is 0 Å². The molecule has 0 aliphatic heterocycles. The molecule has 0 bridgehead atoms. The van der Waals surface area contributed by atoms with E-state index in [0.29, 0.717) is 16.6 Å². The van der Waals surface area contributed by atoms with Gasteiger partial charge in [-0.2, -0.15) is 4.98 Å². The molecule has 0 spiro atoms. The highest BCUT2D eigenvalue weighted by Crippen LogP contribution is 2.32. The van der Waals surface area contributed by atoms with E-state index in [1.807, 2.05) is 26.8 Å². The number of fused-ring (bicyclic) bond motifs is 1. The van der Waals surface area contributed by atoms with Crippen LogP contribution in [0.3, 0.4) is 0 Å². The number of hydrogen-bond acceptors (Lipinski definition) is 6. The minimum absolute atomic E-state index is 0.0216. The fourth-order valence-corrected chi connectivity index (χ4v) is 4.20. The molecule has 0 aliphatic carbocycles. The first-order valence-corrected chi connectivity index (χ1v) is 9.99. The normalized spacial score (nSPS) is 12.4. The van der Waals surface area contributed by atoms with Crippen molar-refractivity contribution in [2.24, 2.45) is 5.92 Å². The van der Waals surface area contributed by atoms with E-state index in [1.54, 1.807) is 24.5 Å². The number of halogens is 1. The van der Waals surface area contributed by atoms with E-state index in [4.69, 9.17) is 4.52 Å². The molecule has 0 fully saturated rings. The van der Waals surface area contributed by atoms with Crippen molar-refractivity contribution in [3.63, 3.8) is 0 Å². The number of amides is 1. The van der Waals surface area contributed by atoms with Crippen molar-refractivity contribution < 1.29 is 13.7 Å². The number of rotatable bonds is 5.